The van der Waals surface area contributed by atoms with Crippen LogP contribution in [-0.4, -0.2) is 31.2 Å². The molecule has 2 N–H and O–H groups in total. The molecule has 4 heteroatoms. The van der Waals surface area contributed by atoms with Crippen molar-refractivity contribution in [1.82, 2.24) is 5.32 Å². The molecule has 0 aliphatic carbocycles. The standard InChI is InChI=1S/C13H18N2O2/c1-3-14-8-12(16)9-4-5-11-10(6-9)7-13(17)15(11)2/h4-6,12,14,16H,3,7-8H2,1-2H3. The van der Waals surface area contributed by atoms with Gasteiger partial charge in [0.1, 0.15) is 0 Å². The summed E-state index contributed by atoms with van der Waals surface area (Å²) in [6.45, 7) is 3.38. The highest BCUT2D eigenvalue weighted by atomic mass is 16.3. The third-order valence-electron chi connectivity index (χ3n) is 3.15. The van der Waals surface area contributed by atoms with E-state index in [2.05, 4.69) is 5.32 Å². The number of hydrogen-bond acceptors (Lipinski definition) is 3. The van der Waals surface area contributed by atoms with Gasteiger partial charge in [-0.2, -0.15) is 0 Å². The zero-order valence-corrected chi connectivity index (χ0v) is 10.2. The second kappa shape index (κ2) is 4.85. The Hall–Kier alpha value is -1.39. The Labute approximate surface area is 101 Å². The number of aliphatic hydroxyl groups excluding tert-OH is 1. The average Bonchev–Trinajstić information content (AvgIpc) is 2.61. The number of rotatable bonds is 4. The first kappa shape index (κ1) is 12.1. The third kappa shape index (κ3) is 2.33. The number of likely N-dealkylation sites (N-methyl/N-ethyl adjacent to an activating group) is 2. The number of hydrogen-bond donors (Lipinski definition) is 2. The predicted molar refractivity (Wildman–Crippen MR) is 67.1 cm³/mol. The molecule has 1 heterocycles. The van der Waals surface area contributed by atoms with Gasteiger partial charge < -0.3 is 15.3 Å². The highest BCUT2D eigenvalue weighted by Crippen LogP contribution is 2.29. The number of amides is 1. The van der Waals surface area contributed by atoms with Gasteiger partial charge >= 0.3 is 0 Å². The van der Waals surface area contributed by atoms with Crippen molar-refractivity contribution >= 4 is 11.6 Å². The Morgan fingerprint density at radius 1 is 1.53 bits per heavy atom. The van der Waals surface area contributed by atoms with Gasteiger partial charge in [0, 0.05) is 19.3 Å². The summed E-state index contributed by atoms with van der Waals surface area (Å²) in [7, 11) is 1.78. The Balaban J connectivity index is 2.18. The summed E-state index contributed by atoms with van der Waals surface area (Å²) in [6.07, 6.45) is -0.0746. The summed E-state index contributed by atoms with van der Waals surface area (Å²) in [5.41, 5.74) is 2.83. The van der Waals surface area contributed by atoms with Crippen LogP contribution in [0.4, 0.5) is 5.69 Å². The monoisotopic (exact) mass is 234 g/mol. The molecule has 1 aliphatic heterocycles. The molecule has 0 bridgehead atoms. The second-order valence-corrected chi connectivity index (χ2v) is 4.34. The number of anilines is 1. The molecule has 0 spiro atoms. The summed E-state index contributed by atoms with van der Waals surface area (Å²) < 4.78 is 0. The Morgan fingerprint density at radius 3 is 3.00 bits per heavy atom. The van der Waals surface area contributed by atoms with Gasteiger partial charge in [0.15, 0.2) is 0 Å². The maximum atomic E-state index is 11.5. The van der Waals surface area contributed by atoms with E-state index in [0.717, 1.165) is 23.4 Å². The maximum absolute atomic E-state index is 11.5. The zero-order valence-electron chi connectivity index (χ0n) is 10.2. The molecule has 1 unspecified atom stereocenters. The van der Waals surface area contributed by atoms with Crippen molar-refractivity contribution in [3.8, 4) is 0 Å². The van der Waals surface area contributed by atoms with Crippen molar-refractivity contribution in [3.05, 3.63) is 29.3 Å². The van der Waals surface area contributed by atoms with Crippen molar-refractivity contribution in [2.75, 3.05) is 25.0 Å². The molecule has 2 rings (SSSR count). The van der Waals surface area contributed by atoms with Crippen LogP contribution in [0.15, 0.2) is 18.2 Å². The topological polar surface area (TPSA) is 52.6 Å². The lowest BCUT2D eigenvalue weighted by Crippen LogP contribution is -2.21. The van der Waals surface area contributed by atoms with E-state index in [9.17, 15) is 9.90 Å². The van der Waals surface area contributed by atoms with Crippen LogP contribution < -0.4 is 10.2 Å². The minimum Gasteiger partial charge on any atom is -0.387 e. The molecule has 1 aromatic carbocycles. The molecular weight excluding hydrogens is 216 g/mol. The van der Waals surface area contributed by atoms with Crippen molar-refractivity contribution < 1.29 is 9.90 Å². The fourth-order valence-electron chi connectivity index (χ4n) is 2.10. The van der Waals surface area contributed by atoms with Gasteiger partial charge in [-0.25, -0.2) is 0 Å². The van der Waals surface area contributed by atoms with Crippen LogP contribution in [0.3, 0.4) is 0 Å². The lowest BCUT2D eigenvalue weighted by Gasteiger charge is -2.14. The predicted octanol–water partition coefficient (Wildman–Crippen LogP) is 0.848. The molecule has 92 valence electrons. The zero-order chi connectivity index (χ0) is 12.4. The fraction of sp³-hybridized carbons (Fsp3) is 0.462. The van der Waals surface area contributed by atoms with Crippen LogP contribution in [0.25, 0.3) is 0 Å². The number of nitrogens with one attached hydrogen (secondary N) is 1. The largest absolute Gasteiger partial charge is 0.387 e. The number of fused-ring (bicyclic) bond motifs is 1. The quantitative estimate of drug-likeness (QED) is 0.812. The summed E-state index contributed by atoms with van der Waals surface area (Å²) in [6, 6.07) is 5.72. The van der Waals surface area contributed by atoms with E-state index >= 15 is 0 Å². The van der Waals surface area contributed by atoms with Gasteiger partial charge in [-0.15, -0.1) is 0 Å². The van der Waals surface area contributed by atoms with Gasteiger partial charge in [-0.1, -0.05) is 19.1 Å². The van der Waals surface area contributed by atoms with Crippen LogP contribution in [-0.2, 0) is 11.2 Å². The summed E-state index contributed by atoms with van der Waals surface area (Å²) in [5.74, 6) is 0.110. The van der Waals surface area contributed by atoms with Crippen LogP contribution in [0.5, 0.6) is 0 Å². The minimum absolute atomic E-state index is 0.110. The Morgan fingerprint density at radius 2 is 2.29 bits per heavy atom. The number of benzene rings is 1. The minimum atomic E-state index is -0.513. The molecular formula is C13H18N2O2. The molecule has 1 atom stereocenters. The molecule has 0 saturated carbocycles. The van der Waals surface area contributed by atoms with E-state index in [1.807, 2.05) is 25.1 Å². The molecule has 0 saturated heterocycles. The highest BCUT2D eigenvalue weighted by Gasteiger charge is 2.24. The number of carbonyl (C=O) groups is 1. The van der Waals surface area contributed by atoms with Crippen LogP contribution in [0.1, 0.15) is 24.2 Å². The molecule has 1 aromatic rings. The molecule has 1 amide bonds. The van der Waals surface area contributed by atoms with Gasteiger partial charge in [0.25, 0.3) is 0 Å². The molecule has 0 fully saturated rings. The molecule has 4 nitrogen and oxygen atoms in total. The maximum Gasteiger partial charge on any atom is 0.231 e. The first-order valence-corrected chi connectivity index (χ1v) is 5.91. The van der Waals surface area contributed by atoms with Crippen molar-refractivity contribution in [2.45, 2.75) is 19.4 Å². The summed E-state index contributed by atoms with van der Waals surface area (Å²) in [5, 5.41) is 13.1. The lowest BCUT2D eigenvalue weighted by molar-refractivity contribution is -0.117. The van der Waals surface area contributed by atoms with Crippen molar-refractivity contribution in [2.24, 2.45) is 0 Å². The van der Waals surface area contributed by atoms with E-state index in [1.54, 1.807) is 11.9 Å². The number of carbonyl (C=O) groups excluding carboxylic acids is 1. The summed E-state index contributed by atoms with van der Waals surface area (Å²) in [4.78, 5) is 13.2. The number of aliphatic hydroxyl groups is 1. The second-order valence-electron chi connectivity index (χ2n) is 4.34. The van der Waals surface area contributed by atoms with Gasteiger partial charge in [0.05, 0.1) is 12.5 Å². The molecule has 0 radical (unpaired) electrons. The smallest absolute Gasteiger partial charge is 0.231 e. The molecule has 1 aliphatic rings. The number of nitrogens with zero attached hydrogens (tertiary/aromatic N) is 1. The summed E-state index contributed by atoms with van der Waals surface area (Å²) >= 11 is 0. The highest BCUT2D eigenvalue weighted by molar-refractivity contribution is 6.00. The van der Waals surface area contributed by atoms with E-state index in [1.165, 1.54) is 0 Å². The van der Waals surface area contributed by atoms with E-state index in [-0.39, 0.29) is 5.91 Å². The van der Waals surface area contributed by atoms with Crippen LogP contribution >= 0.6 is 0 Å². The lowest BCUT2D eigenvalue weighted by atomic mass is 10.0. The van der Waals surface area contributed by atoms with Crippen LogP contribution in [0.2, 0.25) is 0 Å². The molecule has 17 heavy (non-hydrogen) atoms. The average molecular weight is 234 g/mol. The Kier molecular flexibility index (Phi) is 3.45. The van der Waals surface area contributed by atoms with E-state index in [0.29, 0.717) is 13.0 Å². The first-order valence-electron chi connectivity index (χ1n) is 5.91. The first-order chi connectivity index (χ1) is 8.13. The fourth-order valence-corrected chi connectivity index (χ4v) is 2.10. The normalized spacial score (nSPS) is 16.2. The van der Waals surface area contributed by atoms with E-state index < -0.39 is 6.10 Å². The molecule has 0 aromatic heterocycles. The van der Waals surface area contributed by atoms with E-state index in [4.69, 9.17) is 0 Å². The van der Waals surface area contributed by atoms with Gasteiger partial charge in [0.2, 0.25) is 5.91 Å². The third-order valence-corrected chi connectivity index (χ3v) is 3.15. The Bertz CT molecular complexity index is 431. The van der Waals surface area contributed by atoms with Gasteiger partial charge in [-0.3, -0.25) is 4.79 Å². The van der Waals surface area contributed by atoms with Gasteiger partial charge in [-0.05, 0) is 23.7 Å². The van der Waals surface area contributed by atoms with Crippen molar-refractivity contribution in [3.63, 3.8) is 0 Å². The van der Waals surface area contributed by atoms with Crippen molar-refractivity contribution in [1.29, 1.82) is 0 Å². The SMILES string of the molecule is CCNCC(O)c1ccc2c(c1)CC(=O)N2C. The van der Waals surface area contributed by atoms with Crippen LogP contribution in [0, 0.1) is 0 Å².